The van der Waals surface area contributed by atoms with Gasteiger partial charge in [0.1, 0.15) is 13.2 Å². The predicted octanol–water partition coefficient (Wildman–Crippen LogP) is 2.50. The Balaban J connectivity index is 2.11. The zero-order valence-electron chi connectivity index (χ0n) is 13.2. The fourth-order valence-corrected chi connectivity index (χ4v) is 2.17. The lowest BCUT2D eigenvalue weighted by Crippen LogP contribution is -2.48. The van der Waals surface area contributed by atoms with Crippen LogP contribution in [0.4, 0.5) is 8.78 Å². The number of nitrogens with one attached hydrogen (secondary N) is 1. The van der Waals surface area contributed by atoms with Crippen LogP contribution in [0.15, 0.2) is 18.2 Å². The summed E-state index contributed by atoms with van der Waals surface area (Å²) in [5, 5.41) is 2.17. The van der Waals surface area contributed by atoms with E-state index in [9.17, 15) is 18.4 Å². The summed E-state index contributed by atoms with van der Waals surface area (Å²) >= 11 is 0. The molecule has 1 N–H and O–H groups in total. The number of fused-ring (bicyclic) bond motifs is 1. The summed E-state index contributed by atoms with van der Waals surface area (Å²) in [5.41, 5.74) is 0.579. The van der Waals surface area contributed by atoms with E-state index >= 15 is 0 Å². The molecule has 23 heavy (non-hydrogen) atoms. The van der Waals surface area contributed by atoms with Crippen LogP contribution in [0, 0.1) is 5.92 Å². The van der Waals surface area contributed by atoms with Gasteiger partial charge in [-0.05, 0) is 24.6 Å². The van der Waals surface area contributed by atoms with Gasteiger partial charge in [-0.1, -0.05) is 19.9 Å². The number of hydrogen-bond donors (Lipinski definition) is 1. The molecule has 0 aromatic heterocycles. The Morgan fingerprint density at radius 2 is 1.74 bits per heavy atom. The van der Waals surface area contributed by atoms with Gasteiger partial charge in [0.05, 0.1) is 6.04 Å². The molecule has 0 fully saturated rings. The number of hydrogen-bond acceptors (Lipinski definition) is 4. The average molecular weight is 327 g/mol. The van der Waals surface area contributed by atoms with Crippen LogP contribution in [-0.4, -0.2) is 30.8 Å². The SMILES string of the molecule is CC(C)C(=O)C(F)(F)C(=O)N[C@@H](C)c1ccc2c(c1)OCCO2. The van der Waals surface area contributed by atoms with Crippen molar-refractivity contribution in [1.29, 1.82) is 0 Å². The summed E-state index contributed by atoms with van der Waals surface area (Å²) < 4.78 is 38.4. The maximum absolute atomic E-state index is 13.8. The highest BCUT2D eigenvalue weighted by atomic mass is 19.3. The van der Waals surface area contributed by atoms with Crippen molar-refractivity contribution in [3.8, 4) is 11.5 Å². The van der Waals surface area contributed by atoms with Crippen LogP contribution in [0.1, 0.15) is 32.4 Å². The van der Waals surface area contributed by atoms with Gasteiger partial charge < -0.3 is 14.8 Å². The van der Waals surface area contributed by atoms with E-state index in [2.05, 4.69) is 5.32 Å². The number of ether oxygens (including phenoxy) is 2. The van der Waals surface area contributed by atoms with Gasteiger partial charge in [0.15, 0.2) is 11.5 Å². The van der Waals surface area contributed by atoms with Gasteiger partial charge in [0.25, 0.3) is 5.91 Å². The standard InChI is InChI=1S/C16H19F2NO4/c1-9(2)14(20)16(17,18)15(21)19-10(3)11-4-5-12-13(8-11)23-7-6-22-12/h4-5,8-10H,6-7H2,1-3H3,(H,19,21)/t10-/m0/s1. The van der Waals surface area contributed by atoms with E-state index in [4.69, 9.17) is 9.47 Å². The topological polar surface area (TPSA) is 64.6 Å². The largest absolute Gasteiger partial charge is 0.486 e. The van der Waals surface area contributed by atoms with Crippen molar-refractivity contribution in [3.05, 3.63) is 23.8 Å². The molecular formula is C16H19F2NO4. The summed E-state index contributed by atoms with van der Waals surface area (Å²) in [4.78, 5) is 23.2. The number of Topliss-reactive ketones (excluding diaryl/α,β-unsaturated/α-hetero) is 1. The highest BCUT2D eigenvalue weighted by Gasteiger charge is 2.48. The summed E-state index contributed by atoms with van der Waals surface area (Å²) in [6, 6.07) is 4.23. The zero-order chi connectivity index (χ0) is 17.2. The Labute approximate surface area is 133 Å². The summed E-state index contributed by atoms with van der Waals surface area (Å²) in [7, 11) is 0. The maximum Gasteiger partial charge on any atom is 0.381 e. The average Bonchev–Trinajstić information content (AvgIpc) is 2.53. The second kappa shape index (κ2) is 6.52. The smallest absolute Gasteiger partial charge is 0.381 e. The number of halogens is 2. The second-order valence-electron chi connectivity index (χ2n) is 5.69. The first kappa shape index (κ1) is 17.2. The Hall–Kier alpha value is -2.18. The van der Waals surface area contributed by atoms with E-state index < -0.39 is 29.6 Å². The first-order valence-corrected chi connectivity index (χ1v) is 7.36. The van der Waals surface area contributed by atoms with Crippen molar-refractivity contribution in [2.75, 3.05) is 13.2 Å². The van der Waals surface area contributed by atoms with E-state index in [1.54, 1.807) is 25.1 Å². The molecule has 1 aliphatic rings. The molecule has 1 atom stereocenters. The van der Waals surface area contributed by atoms with Crippen molar-refractivity contribution in [2.24, 2.45) is 5.92 Å². The Morgan fingerprint density at radius 1 is 1.13 bits per heavy atom. The first-order chi connectivity index (χ1) is 10.7. The van der Waals surface area contributed by atoms with Gasteiger partial charge in [-0.3, -0.25) is 9.59 Å². The van der Waals surface area contributed by atoms with Crippen molar-refractivity contribution >= 4 is 11.7 Å². The van der Waals surface area contributed by atoms with Crippen LogP contribution >= 0.6 is 0 Å². The molecular weight excluding hydrogens is 308 g/mol. The third-order valence-electron chi connectivity index (χ3n) is 3.53. The number of carbonyl (C=O) groups is 2. The van der Waals surface area contributed by atoms with E-state index in [1.807, 2.05) is 0 Å². The maximum atomic E-state index is 13.8. The van der Waals surface area contributed by atoms with Gasteiger partial charge >= 0.3 is 5.92 Å². The molecule has 0 bridgehead atoms. The van der Waals surface area contributed by atoms with E-state index in [0.29, 0.717) is 30.3 Å². The molecule has 1 amide bonds. The minimum absolute atomic E-state index is 0.401. The predicted molar refractivity (Wildman–Crippen MR) is 78.8 cm³/mol. The molecule has 0 unspecified atom stereocenters. The van der Waals surface area contributed by atoms with Crippen LogP contribution in [0.2, 0.25) is 0 Å². The van der Waals surface area contributed by atoms with Gasteiger partial charge in [0.2, 0.25) is 5.78 Å². The fraction of sp³-hybridized carbons (Fsp3) is 0.500. The van der Waals surface area contributed by atoms with E-state index in [1.165, 1.54) is 13.8 Å². The zero-order valence-corrected chi connectivity index (χ0v) is 13.2. The molecule has 0 radical (unpaired) electrons. The quantitative estimate of drug-likeness (QED) is 0.844. The molecule has 0 aliphatic carbocycles. The van der Waals surface area contributed by atoms with E-state index in [0.717, 1.165) is 0 Å². The normalized spacial score (nSPS) is 15.2. The molecule has 5 nitrogen and oxygen atoms in total. The third-order valence-corrected chi connectivity index (χ3v) is 3.53. The Morgan fingerprint density at radius 3 is 2.35 bits per heavy atom. The molecule has 7 heteroatoms. The van der Waals surface area contributed by atoms with E-state index in [-0.39, 0.29) is 0 Å². The van der Waals surface area contributed by atoms with Crippen LogP contribution in [0.25, 0.3) is 0 Å². The van der Waals surface area contributed by atoms with Gasteiger partial charge in [-0.15, -0.1) is 0 Å². The lowest BCUT2D eigenvalue weighted by molar-refractivity contribution is -0.160. The number of amides is 1. The van der Waals surface area contributed by atoms with Crippen molar-refractivity contribution in [3.63, 3.8) is 0 Å². The minimum atomic E-state index is -4.05. The highest BCUT2D eigenvalue weighted by molar-refractivity contribution is 6.08. The number of rotatable bonds is 5. The van der Waals surface area contributed by atoms with Gasteiger partial charge in [-0.2, -0.15) is 8.78 Å². The van der Waals surface area contributed by atoms with Crippen LogP contribution in [0.5, 0.6) is 11.5 Å². The fourth-order valence-electron chi connectivity index (χ4n) is 2.17. The second-order valence-corrected chi connectivity index (χ2v) is 5.69. The molecule has 1 aliphatic heterocycles. The highest BCUT2D eigenvalue weighted by Crippen LogP contribution is 2.33. The molecule has 0 saturated heterocycles. The number of ketones is 1. The summed E-state index contributed by atoms with van der Waals surface area (Å²) in [5.74, 6) is -6.90. The molecule has 1 heterocycles. The van der Waals surface area contributed by atoms with Crippen LogP contribution in [-0.2, 0) is 9.59 Å². The summed E-state index contributed by atoms with van der Waals surface area (Å²) in [6.45, 7) is 5.06. The number of carbonyl (C=O) groups excluding carboxylic acids is 2. The van der Waals surface area contributed by atoms with Crippen LogP contribution < -0.4 is 14.8 Å². The lowest BCUT2D eigenvalue weighted by Gasteiger charge is -2.23. The third kappa shape index (κ3) is 3.60. The molecule has 1 aromatic carbocycles. The van der Waals surface area contributed by atoms with Gasteiger partial charge in [-0.25, -0.2) is 0 Å². The molecule has 2 rings (SSSR count). The number of alkyl halides is 2. The van der Waals surface area contributed by atoms with Crippen LogP contribution in [0.3, 0.4) is 0 Å². The monoisotopic (exact) mass is 327 g/mol. The van der Waals surface area contributed by atoms with Gasteiger partial charge in [0, 0.05) is 5.92 Å². The molecule has 0 saturated carbocycles. The van der Waals surface area contributed by atoms with Crippen molar-refractivity contribution in [2.45, 2.75) is 32.7 Å². The number of benzene rings is 1. The summed E-state index contributed by atoms with van der Waals surface area (Å²) in [6.07, 6.45) is 0. The molecule has 0 spiro atoms. The first-order valence-electron chi connectivity index (χ1n) is 7.36. The Kier molecular flexibility index (Phi) is 4.87. The molecule has 126 valence electrons. The minimum Gasteiger partial charge on any atom is -0.486 e. The van der Waals surface area contributed by atoms with Crippen molar-refractivity contribution < 1.29 is 27.8 Å². The Bertz CT molecular complexity index is 616. The van der Waals surface area contributed by atoms with Crippen molar-refractivity contribution in [1.82, 2.24) is 5.32 Å². The lowest BCUT2D eigenvalue weighted by atomic mass is 10.0. The molecule has 1 aromatic rings.